The van der Waals surface area contributed by atoms with E-state index in [-0.39, 0.29) is 0 Å². The molecule has 0 spiro atoms. The second-order valence-corrected chi connectivity index (χ2v) is 7.86. The summed E-state index contributed by atoms with van der Waals surface area (Å²) < 4.78 is 0. The summed E-state index contributed by atoms with van der Waals surface area (Å²) in [6.07, 6.45) is 9.42. The van der Waals surface area contributed by atoms with E-state index in [4.69, 9.17) is 0 Å². The van der Waals surface area contributed by atoms with Crippen molar-refractivity contribution in [2.75, 3.05) is 19.6 Å². The predicted octanol–water partition coefficient (Wildman–Crippen LogP) is 6.18. The second kappa shape index (κ2) is 12.6. The zero-order valence-corrected chi connectivity index (χ0v) is 16.1. The van der Waals surface area contributed by atoms with Gasteiger partial charge in [-0.15, -0.1) is 0 Å². The van der Waals surface area contributed by atoms with Crippen molar-refractivity contribution in [1.82, 2.24) is 4.90 Å². The largest absolute Gasteiger partial charge is 0.303 e. The Morgan fingerprint density at radius 1 is 0.696 bits per heavy atom. The molecule has 1 nitrogen and oxygen atoms in total. The molecule has 0 heterocycles. The molecule has 0 atom stereocenters. The Morgan fingerprint density at radius 2 is 1.22 bits per heavy atom. The van der Waals surface area contributed by atoms with Crippen LogP contribution < -0.4 is 0 Å². The lowest BCUT2D eigenvalue weighted by molar-refractivity contribution is 0.260. The van der Waals surface area contributed by atoms with E-state index >= 15 is 0 Å². The molecule has 0 amide bonds. The average Bonchev–Trinajstić information content (AvgIpc) is 2.52. The van der Waals surface area contributed by atoms with Gasteiger partial charge in [-0.05, 0) is 49.8 Å². The van der Waals surface area contributed by atoms with Crippen molar-refractivity contribution in [2.45, 2.75) is 72.6 Å². The Balaban J connectivity index is 2.31. The van der Waals surface area contributed by atoms with Crippen LogP contribution in [0, 0.1) is 11.8 Å². The minimum absolute atomic E-state index is 0.846. The average molecular weight is 318 g/mol. The van der Waals surface area contributed by atoms with Gasteiger partial charge in [0.1, 0.15) is 0 Å². The highest BCUT2D eigenvalue weighted by atomic mass is 15.1. The summed E-state index contributed by atoms with van der Waals surface area (Å²) in [7, 11) is 0. The lowest BCUT2D eigenvalue weighted by Gasteiger charge is -2.23. The molecule has 1 heteroatoms. The van der Waals surface area contributed by atoms with Gasteiger partial charge in [-0.1, -0.05) is 83.7 Å². The standard InChI is InChI=1S/C22H39N/c1-20(2)12-8-10-17-23(18-11-9-13-21(3)4)19-16-22-14-6-5-7-15-22/h5-7,14-15,20-21H,8-13,16-19H2,1-4H3. The van der Waals surface area contributed by atoms with Crippen molar-refractivity contribution in [3.8, 4) is 0 Å². The molecular weight excluding hydrogens is 278 g/mol. The summed E-state index contributed by atoms with van der Waals surface area (Å²) >= 11 is 0. The highest BCUT2D eigenvalue weighted by Gasteiger charge is 2.06. The molecule has 1 aromatic carbocycles. The molecule has 0 bridgehead atoms. The van der Waals surface area contributed by atoms with E-state index in [1.54, 1.807) is 0 Å². The van der Waals surface area contributed by atoms with E-state index in [2.05, 4.69) is 62.9 Å². The van der Waals surface area contributed by atoms with Crippen LogP contribution in [-0.2, 0) is 6.42 Å². The van der Waals surface area contributed by atoms with Crippen LogP contribution in [0.5, 0.6) is 0 Å². The van der Waals surface area contributed by atoms with Gasteiger partial charge in [0.2, 0.25) is 0 Å². The summed E-state index contributed by atoms with van der Waals surface area (Å²) in [5.41, 5.74) is 1.47. The highest BCUT2D eigenvalue weighted by molar-refractivity contribution is 5.14. The first-order valence-electron chi connectivity index (χ1n) is 9.84. The first-order valence-corrected chi connectivity index (χ1v) is 9.84. The third-order valence-corrected chi connectivity index (χ3v) is 4.57. The minimum atomic E-state index is 0.846. The minimum Gasteiger partial charge on any atom is -0.303 e. The fourth-order valence-electron chi connectivity index (χ4n) is 3.04. The van der Waals surface area contributed by atoms with Crippen LogP contribution in [-0.4, -0.2) is 24.5 Å². The Hall–Kier alpha value is -0.820. The Morgan fingerprint density at radius 3 is 1.70 bits per heavy atom. The maximum absolute atomic E-state index is 2.70. The van der Waals surface area contributed by atoms with E-state index in [0.29, 0.717) is 0 Å². The van der Waals surface area contributed by atoms with E-state index < -0.39 is 0 Å². The van der Waals surface area contributed by atoms with Crippen LogP contribution in [0.3, 0.4) is 0 Å². The summed E-state index contributed by atoms with van der Waals surface area (Å²) in [4.78, 5) is 2.70. The fourth-order valence-corrected chi connectivity index (χ4v) is 3.04. The van der Waals surface area contributed by atoms with Gasteiger partial charge < -0.3 is 4.90 Å². The molecule has 0 saturated heterocycles. The Labute approximate surface area is 145 Å². The van der Waals surface area contributed by atoms with Crippen LogP contribution in [0.25, 0.3) is 0 Å². The van der Waals surface area contributed by atoms with Crippen LogP contribution in [0.1, 0.15) is 71.8 Å². The van der Waals surface area contributed by atoms with Crippen LogP contribution in [0.4, 0.5) is 0 Å². The van der Waals surface area contributed by atoms with Crippen LogP contribution >= 0.6 is 0 Å². The van der Waals surface area contributed by atoms with Crippen molar-refractivity contribution >= 4 is 0 Å². The van der Waals surface area contributed by atoms with E-state index in [9.17, 15) is 0 Å². The molecule has 0 unspecified atom stereocenters. The quantitative estimate of drug-likeness (QED) is 0.392. The molecule has 0 aromatic heterocycles. The fraction of sp³-hybridized carbons (Fsp3) is 0.727. The lowest BCUT2D eigenvalue weighted by Crippen LogP contribution is -2.28. The molecule has 23 heavy (non-hydrogen) atoms. The van der Waals surface area contributed by atoms with E-state index in [1.807, 2.05) is 0 Å². The lowest BCUT2D eigenvalue weighted by atomic mass is 10.1. The zero-order valence-electron chi connectivity index (χ0n) is 16.1. The summed E-state index contributed by atoms with van der Waals surface area (Å²) in [6, 6.07) is 10.9. The van der Waals surface area contributed by atoms with Gasteiger partial charge in [-0.2, -0.15) is 0 Å². The first kappa shape index (κ1) is 20.2. The monoisotopic (exact) mass is 317 g/mol. The van der Waals surface area contributed by atoms with E-state index in [1.165, 1.54) is 70.1 Å². The number of unbranched alkanes of at least 4 members (excludes halogenated alkanes) is 2. The number of hydrogen-bond donors (Lipinski definition) is 0. The molecule has 0 aliphatic carbocycles. The molecule has 0 aliphatic heterocycles. The molecular formula is C22H39N. The number of rotatable bonds is 13. The molecule has 0 N–H and O–H groups in total. The smallest absolute Gasteiger partial charge is 0.00218 e. The third-order valence-electron chi connectivity index (χ3n) is 4.57. The van der Waals surface area contributed by atoms with Crippen molar-refractivity contribution in [1.29, 1.82) is 0 Å². The molecule has 0 saturated carbocycles. The van der Waals surface area contributed by atoms with Crippen molar-refractivity contribution < 1.29 is 0 Å². The normalized spacial score (nSPS) is 11.8. The van der Waals surface area contributed by atoms with E-state index in [0.717, 1.165) is 11.8 Å². The predicted molar refractivity (Wildman–Crippen MR) is 104 cm³/mol. The molecule has 1 aromatic rings. The van der Waals surface area contributed by atoms with Gasteiger partial charge in [0.15, 0.2) is 0 Å². The second-order valence-electron chi connectivity index (χ2n) is 7.86. The zero-order chi connectivity index (χ0) is 16.9. The summed E-state index contributed by atoms with van der Waals surface area (Å²) in [5.74, 6) is 1.69. The number of hydrogen-bond acceptors (Lipinski definition) is 1. The Bertz CT molecular complexity index is 353. The number of nitrogens with zero attached hydrogens (tertiary/aromatic N) is 1. The summed E-state index contributed by atoms with van der Waals surface area (Å²) in [5, 5.41) is 0. The van der Waals surface area contributed by atoms with Gasteiger partial charge in [0.25, 0.3) is 0 Å². The molecule has 0 radical (unpaired) electrons. The molecule has 0 fully saturated rings. The Kier molecular flexibility index (Phi) is 11.1. The van der Waals surface area contributed by atoms with Gasteiger partial charge in [-0.25, -0.2) is 0 Å². The maximum atomic E-state index is 2.70. The van der Waals surface area contributed by atoms with Crippen LogP contribution in [0.2, 0.25) is 0 Å². The van der Waals surface area contributed by atoms with Crippen molar-refractivity contribution in [3.05, 3.63) is 35.9 Å². The van der Waals surface area contributed by atoms with Gasteiger partial charge in [-0.3, -0.25) is 0 Å². The molecule has 132 valence electrons. The van der Waals surface area contributed by atoms with Gasteiger partial charge in [0, 0.05) is 6.54 Å². The van der Waals surface area contributed by atoms with Crippen molar-refractivity contribution in [2.24, 2.45) is 11.8 Å². The highest BCUT2D eigenvalue weighted by Crippen LogP contribution is 2.11. The van der Waals surface area contributed by atoms with Gasteiger partial charge in [0.05, 0.1) is 0 Å². The number of benzene rings is 1. The molecule has 0 aliphatic rings. The van der Waals surface area contributed by atoms with Crippen molar-refractivity contribution in [3.63, 3.8) is 0 Å². The summed E-state index contributed by atoms with van der Waals surface area (Å²) in [6.45, 7) is 13.1. The van der Waals surface area contributed by atoms with Gasteiger partial charge >= 0.3 is 0 Å². The third kappa shape index (κ3) is 11.4. The molecule has 1 rings (SSSR count). The first-order chi connectivity index (χ1) is 11.1. The SMILES string of the molecule is CC(C)CCCCN(CCCCC(C)C)CCc1ccccc1. The topological polar surface area (TPSA) is 3.24 Å². The maximum Gasteiger partial charge on any atom is 0.00218 e. The van der Waals surface area contributed by atoms with Crippen LogP contribution in [0.15, 0.2) is 30.3 Å².